The fourth-order valence-corrected chi connectivity index (χ4v) is 2.76. The van der Waals surface area contributed by atoms with Crippen LogP contribution in [0.3, 0.4) is 0 Å². The number of nitrogens with one attached hydrogen (secondary N) is 1. The summed E-state index contributed by atoms with van der Waals surface area (Å²) >= 11 is 5.93. The molecule has 1 fully saturated rings. The Labute approximate surface area is 138 Å². The van der Waals surface area contributed by atoms with Gasteiger partial charge in [-0.3, -0.25) is 9.69 Å². The second-order valence-corrected chi connectivity index (χ2v) is 6.75. The highest BCUT2D eigenvalue weighted by molar-refractivity contribution is 6.30. The van der Waals surface area contributed by atoms with Gasteiger partial charge in [0.25, 0.3) is 0 Å². The summed E-state index contributed by atoms with van der Waals surface area (Å²) in [6.07, 6.45) is 0. The van der Waals surface area contributed by atoms with Crippen molar-refractivity contribution >= 4 is 23.2 Å². The number of hydrogen-bond donors (Lipinski definition) is 1. The average Bonchev–Trinajstić information content (AvgIpc) is 2.53. The topological polar surface area (TPSA) is 35.6 Å². The Bertz CT molecular complexity index is 481. The lowest BCUT2D eigenvalue weighted by molar-refractivity contribution is -0.126. The van der Waals surface area contributed by atoms with E-state index in [0.717, 1.165) is 37.7 Å². The van der Waals surface area contributed by atoms with Crippen molar-refractivity contribution in [2.45, 2.75) is 26.8 Å². The fourth-order valence-electron chi connectivity index (χ4n) is 2.64. The molecular formula is C17H26ClN3O. The Morgan fingerprint density at radius 3 is 2.27 bits per heavy atom. The van der Waals surface area contributed by atoms with E-state index in [4.69, 9.17) is 11.6 Å². The summed E-state index contributed by atoms with van der Waals surface area (Å²) in [7, 11) is 0. The van der Waals surface area contributed by atoms with Gasteiger partial charge < -0.3 is 10.2 Å². The zero-order valence-electron chi connectivity index (χ0n) is 13.7. The summed E-state index contributed by atoms with van der Waals surface area (Å²) < 4.78 is 0. The maximum absolute atomic E-state index is 12.2. The molecule has 0 spiro atoms. The van der Waals surface area contributed by atoms with Crippen LogP contribution in [-0.2, 0) is 4.79 Å². The molecule has 1 aliphatic heterocycles. The lowest BCUT2D eigenvalue weighted by atomic mass is 10.1. The molecule has 1 unspecified atom stereocenters. The van der Waals surface area contributed by atoms with Gasteiger partial charge in [-0.2, -0.15) is 0 Å². The minimum absolute atomic E-state index is 0.0638. The molecule has 1 aliphatic rings. The van der Waals surface area contributed by atoms with E-state index in [1.165, 1.54) is 5.69 Å². The van der Waals surface area contributed by atoms with Crippen LogP contribution in [0.1, 0.15) is 20.8 Å². The van der Waals surface area contributed by atoms with Crippen LogP contribution in [-0.4, -0.2) is 49.6 Å². The van der Waals surface area contributed by atoms with Crippen molar-refractivity contribution in [2.75, 3.05) is 37.6 Å². The monoisotopic (exact) mass is 323 g/mol. The van der Waals surface area contributed by atoms with Crippen molar-refractivity contribution in [3.63, 3.8) is 0 Å². The zero-order chi connectivity index (χ0) is 16.1. The molecule has 2 rings (SSSR count). The molecule has 122 valence electrons. The molecule has 1 amide bonds. The van der Waals surface area contributed by atoms with Gasteiger partial charge in [-0.1, -0.05) is 25.4 Å². The first-order chi connectivity index (χ1) is 10.5. The Morgan fingerprint density at radius 1 is 1.14 bits per heavy atom. The van der Waals surface area contributed by atoms with Crippen LogP contribution >= 0.6 is 11.6 Å². The Kier molecular flexibility index (Phi) is 6.09. The van der Waals surface area contributed by atoms with E-state index in [0.29, 0.717) is 5.92 Å². The molecule has 22 heavy (non-hydrogen) atoms. The smallest absolute Gasteiger partial charge is 0.237 e. The molecule has 0 radical (unpaired) electrons. The van der Waals surface area contributed by atoms with E-state index in [2.05, 4.69) is 41.1 Å². The van der Waals surface area contributed by atoms with Gasteiger partial charge >= 0.3 is 0 Å². The molecule has 0 aliphatic carbocycles. The van der Waals surface area contributed by atoms with Crippen molar-refractivity contribution in [3.05, 3.63) is 29.3 Å². The van der Waals surface area contributed by atoms with E-state index in [-0.39, 0.29) is 11.9 Å². The Hall–Kier alpha value is -1.26. The van der Waals surface area contributed by atoms with Crippen LogP contribution in [0.2, 0.25) is 5.02 Å². The highest BCUT2D eigenvalue weighted by Crippen LogP contribution is 2.20. The fraction of sp³-hybridized carbons (Fsp3) is 0.588. The number of benzene rings is 1. The SMILES string of the molecule is CC(C)CNC(=O)C(C)N1CCN(c2ccc(Cl)cc2)CC1. The maximum atomic E-state index is 12.2. The summed E-state index contributed by atoms with van der Waals surface area (Å²) in [5.41, 5.74) is 1.20. The number of amides is 1. The standard InChI is InChI=1S/C17H26ClN3O/c1-13(2)12-19-17(22)14(3)20-8-10-21(11-9-20)16-6-4-15(18)5-7-16/h4-7,13-14H,8-12H2,1-3H3,(H,19,22). The van der Waals surface area contributed by atoms with E-state index in [1.807, 2.05) is 19.1 Å². The number of anilines is 1. The second-order valence-electron chi connectivity index (χ2n) is 6.31. The third-order valence-corrected chi connectivity index (χ3v) is 4.37. The van der Waals surface area contributed by atoms with Gasteiger partial charge in [0.15, 0.2) is 0 Å². The first-order valence-electron chi connectivity index (χ1n) is 7.99. The predicted octanol–water partition coefficient (Wildman–Crippen LogP) is 2.62. The van der Waals surface area contributed by atoms with Gasteiger partial charge in [0, 0.05) is 43.4 Å². The normalized spacial score (nSPS) is 17.6. The maximum Gasteiger partial charge on any atom is 0.237 e. The summed E-state index contributed by atoms with van der Waals surface area (Å²) in [5, 5.41) is 3.78. The highest BCUT2D eigenvalue weighted by Gasteiger charge is 2.25. The minimum Gasteiger partial charge on any atom is -0.369 e. The minimum atomic E-state index is -0.0638. The average molecular weight is 324 g/mol. The van der Waals surface area contributed by atoms with Crippen molar-refractivity contribution < 1.29 is 4.79 Å². The van der Waals surface area contributed by atoms with Gasteiger partial charge in [-0.15, -0.1) is 0 Å². The number of nitrogens with zero attached hydrogens (tertiary/aromatic N) is 2. The molecule has 1 saturated heterocycles. The van der Waals surface area contributed by atoms with Crippen LogP contribution in [0.5, 0.6) is 0 Å². The molecular weight excluding hydrogens is 298 g/mol. The number of hydrogen-bond acceptors (Lipinski definition) is 3. The van der Waals surface area contributed by atoms with Crippen LogP contribution in [0.25, 0.3) is 0 Å². The molecule has 0 bridgehead atoms. The summed E-state index contributed by atoms with van der Waals surface area (Å²) in [6, 6.07) is 7.88. The van der Waals surface area contributed by atoms with Crippen LogP contribution < -0.4 is 10.2 Å². The quantitative estimate of drug-likeness (QED) is 0.905. The van der Waals surface area contributed by atoms with Crippen molar-refractivity contribution in [1.29, 1.82) is 0 Å². The lowest BCUT2D eigenvalue weighted by Crippen LogP contribution is -2.54. The number of halogens is 1. The van der Waals surface area contributed by atoms with Crippen molar-refractivity contribution in [3.8, 4) is 0 Å². The second kappa shape index (κ2) is 7.84. The molecule has 4 nitrogen and oxygen atoms in total. The molecule has 0 aromatic heterocycles. The molecule has 1 heterocycles. The number of carbonyl (C=O) groups excluding carboxylic acids is 1. The first kappa shape index (κ1) is 17.1. The van der Waals surface area contributed by atoms with Crippen LogP contribution in [0.4, 0.5) is 5.69 Å². The van der Waals surface area contributed by atoms with E-state index in [9.17, 15) is 4.79 Å². The summed E-state index contributed by atoms with van der Waals surface area (Å²) in [6.45, 7) is 10.6. The number of rotatable bonds is 5. The summed E-state index contributed by atoms with van der Waals surface area (Å²) in [4.78, 5) is 16.7. The third kappa shape index (κ3) is 4.62. The predicted molar refractivity (Wildman–Crippen MR) is 92.5 cm³/mol. The van der Waals surface area contributed by atoms with E-state index < -0.39 is 0 Å². The highest BCUT2D eigenvalue weighted by atomic mass is 35.5. The Morgan fingerprint density at radius 2 is 1.73 bits per heavy atom. The Balaban J connectivity index is 1.83. The molecule has 1 aromatic carbocycles. The first-order valence-corrected chi connectivity index (χ1v) is 8.37. The lowest BCUT2D eigenvalue weighted by Gasteiger charge is -2.38. The molecule has 5 heteroatoms. The van der Waals surface area contributed by atoms with Crippen LogP contribution in [0.15, 0.2) is 24.3 Å². The van der Waals surface area contributed by atoms with Gasteiger partial charge in [-0.05, 0) is 37.1 Å². The van der Waals surface area contributed by atoms with Crippen molar-refractivity contribution in [2.24, 2.45) is 5.92 Å². The van der Waals surface area contributed by atoms with Gasteiger partial charge in [-0.25, -0.2) is 0 Å². The number of carbonyl (C=O) groups is 1. The third-order valence-electron chi connectivity index (χ3n) is 4.12. The molecule has 0 saturated carbocycles. The van der Waals surface area contributed by atoms with Gasteiger partial charge in [0.1, 0.15) is 0 Å². The zero-order valence-corrected chi connectivity index (χ0v) is 14.4. The number of piperazine rings is 1. The molecule has 1 N–H and O–H groups in total. The van der Waals surface area contributed by atoms with Crippen molar-refractivity contribution in [1.82, 2.24) is 10.2 Å². The van der Waals surface area contributed by atoms with Gasteiger partial charge in [0.2, 0.25) is 5.91 Å². The summed E-state index contributed by atoms with van der Waals surface area (Å²) in [5.74, 6) is 0.617. The van der Waals surface area contributed by atoms with E-state index in [1.54, 1.807) is 0 Å². The largest absolute Gasteiger partial charge is 0.369 e. The van der Waals surface area contributed by atoms with E-state index >= 15 is 0 Å². The van der Waals surface area contributed by atoms with Gasteiger partial charge in [0.05, 0.1) is 6.04 Å². The molecule has 1 atom stereocenters. The van der Waals surface area contributed by atoms with Crippen LogP contribution in [0, 0.1) is 5.92 Å². The molecule has 1 aromatic rings.